The summed E-state index contributed by atoms with van der Waals surface area (Å²) in [6, 6.07) is 3.79. The number of nitrogens with zero attached hydrogens (tertiary/aromatic N) is 1. The monoisotopic (exact) mass is 254 g/mol. The number of aromatic nitrogens is 1. The Kier molecular flexibility index (Phi) is 3.49. The van der Waals surface area contributed by atoms with E-state index in [2.05, 4.69) is 10.3 Å². The third-order valence-electron chi connectivity index (χ3n) is 2.61. The number of aryl methyl sites for hydroxylation is 1. The Hall–Kier alpha value is -1.33. The second kappa shape index (κ2) is 4.89. The smallest absolute Gasteiger partial charge is 0.159 e. The van der Waals surface area contributed by atoms with Crippen LogP contribution in [-0.2, 0) is 0 Å². The van der Waals surface area contributed by atoms with Crippen LogP contribution in [0.4, 0.5) is 8.78 Å². The van der Waals surface area contributed by atoms with E-state index in [9.17, 15) is 8.78 Å². The van der Waals surface area contributed by atoms with Gasteiger partial charge in [0.05, 0.1) is 17.2 Å². The third kappa shape index (κ3) is 2.35. The van der Waals surface area contributed by atoms with Gasteiger partial charge in [-0.05, 0) is 31.7 Å². The number of hydrogen-bond donors (Lipinski definition) is 1. The van der Waals surface area contributed by atoms with Crippen LogP contribution in [0.1, 0.15) is 22.2 Å². The van der Waals surface area contributed by atoms with Gasteiger partial charge in [0.15, 0.2) is 11.6 Å². The highest BCUT2D eigenvalue weighted by atomic mass is 32.1. The van der Waals surface area contributed by atoms with Crippen molar-refractivity contribution in [2.75, 3.05) is 7.05 Å². The highest BCUT2D eigenvalue weighted by Gasteiger charge is 2.17. The zero-order chi connectivity index (χ0) is 12.4. The summed E-state index contributed by atoms with van der Waals surface area (Å²) in [5, 5.41) is 3.09. The van der Waals surface area contributed by atoms with E-state index in [4.69, 9.17) is 0 Å². The largest absolute Gasteiger partial charge is 0.309 e. The van der Waals surface area contributed by atoms with Gasteiger partial charge in [-0.3, -0.25) is 0 Å². The minimum atomic E-state index is -0.829. The zero-order valence-corrected chi connectivity index (χ0v) is 10.3. The lowest BCUT2D eigenvalue weighted by atomic mass is 10.0. The molecule has 2 rings (SSSR count). The van der Waals surface area contributed by atoms with Gasteiger partial charge in [0.2, 0.25) is 0 Å². The summed E-state index contributed by atoms with van der Waals surface area (Å²) in [6.45, 7) is 1.90. The maximum atomic E-state index is 13.2. The first-order chi connectivity index (χ1) is 8.13. The third-order valence-corrected chi connectivity index (χ3v) is 3.61. The van der Waals surface area contributed by atoms with Crippen LogP contribution in [0.3, 0.4) is 0 Å². The summed E-state index contributed by atoms with van der Waals surface area (Å²) in [6.07, 6.45) is 0. The second-order valence-corrected chi connectivity index (χ2v) is 4.58. The van der Waals surface area contributed by atoms with Crippen LogP contribution in [0.15, 0.2) is 23.7 Å². The molecule has 90 valence electrons. The molecular weight excluding hydrogens is 242 g/mol. The van der Waals surface area contributed by atoms with Crippen molar-refractivity contribution in [1.82, 2.24) is 10.3 Å². The minimum Gasteiger partial charge on any atom is -0.309 e. The average Bonchev–Trinajstić information content (AvgIpc) is 2.71. The van der Waals surface area contributed by atoms with Crippen molar-refractivity contribution in [2.24, 2.45) is 0 Å². The van der Waals surface area contributed by atoms with E-state index >= 15 is 0 Å². The van der Waals surface area contributed by atoms with Gasteiger partial charge >= 0.3 is 0 Å². The predicted molar refractivity (Wildman–Crippen MR) is 64.1 cm³/mol. The Labute approximate surface area is 102 Å². The molecule has 2 aromatic rings. The van der Waals surface area contributed by atoms with Gasteiger partial charge in [0.1, 0.15) is 0 Å². The first-order valence-electron chi connectivity index (χ1n) is 5.15. The fourth-order valence-electron chi connectivity index (χ4n) is 1.73. The van der Waals surface area contributed by atoms with Crippen LogP contribution in [-0.4, -0.2) is 12.0 Å². The van der Waals surface area contributed by atoms with E-state index in [-0.39, 0.29) is 6.04 Å². The molecule has 0 saturated carbocycles. The molecule has 0 aliphatic heterocycles. The van der Waals surface area contributed by atoms with Crippen molar-refractivity contribution in [2.45, 2.75) is 13.0 Å². The Morgan fingerprint density at radius 3 is 2.59 bits per heavy atom. The number of rotatable bonds is 3. The van der Waals surface area contributed by atoms with E-state index in [0.29, 0.717) is 5.56 Å². The highest BCUT2D eigenvalue weighted by Crippen LogP contribution is 2.28. The van der Waals surface area contributed by atoms with Gasteiger partial charge in [-0.25, -0.2) is 13.8 Å². The fraction of sp³-hybridized carbons (Fsp3) is 0.250. The molecule has 1 atom stereocenters. The first kappa shape index (κ1) is 12.1. The summed E-state index contributed by atoms with van der Waals surface area (Å²) in [5.41, 5.74) is 3.34. The van der Waals surface area contributed by atoms with Gasteiger partial charge in [-0.1, -0.05) is 6.07 Å². The molecule has 1 aromatic heterocycles. The topological polar surface area (TPSA) is 24.9 Å². The summed E-state index contributed by atoms with van der Waals surface area (Å²) >= 11 is 1.50. The van der Waals surface area contributed by atoms with Crippen molar-refractivity contribution in [3.05, 3.63) is 51.5 Å². The van der Waals surface area contributed by atoms with Crippen LogP contribution in [0.25, 0.3) is 0 Å². The van der Waals surface area contributed by atoms with E-state index in [1.807, 2.05) is 6.92 Å². The van der Waals surface area contributed by atoms with Crippen molar-refractivity contribution in [3.8, 4) is 0 Å². The van der Waals surface area contributed by atoms with Crippen LogP contribution in [0.5, 0.6) is 0 Å². The molecule has 0 bridgehead atoms. The van der Waals surface area contributed by atoms with Crippen molar-refractivity contribution >= 4 is 11.3 Å². The number of nitrogens with one attached hydrogen (secondary N) is 1. The average molecular weight is 254 g/mol. The lowest BCUT2D eigenvalue weighted by molar-refractivity contribution is 0.505. The molecule has 0 spiro atoms. The summed E-state index contributed by atoms with van der Waals surface area (Å²) in [7, 11) is 1.78. The van der Waals surface area contributed by atoms with Gasteiger partial charge in [-0.15, -0.1) is 11.3 Å². The van der Waals surface area contributed by atoms with E-state index in [1.165, 1.54) is 17.4 Å². The molecule has 0 fully saturated rings. The van der Waals surface area contributed by atoms with E-state index < -0.39 is 11.6 Å². The molecule has 5 heteroatoms. The molecule has 0 radical (unpaired) electrons. The van der Waals surface area contributed by atoms with Crippen LogP contribution >= 0.6 is 11.3 Å². The molecule has 0 saturated heterocycles. The van der Waals surface area contributed by atoms with E-state index in [1.54, 1.807) is 18.6 Å². The Balaban J connectivity index is 2.42. The molecule has 1 heterocycles. The van der Waals surface area contributed by atoms with E-state index in [0.717, 1.165) is 16.6 Å². The summed E-state index contributed by atoms with van der Waals surface area (Å²) < 4.78 is 26.1. The first-order valence-corrected chi connectivity index (χ1v) is 6.03. The Morgan fingerprint density at radius 1 is 1.29 bits per heavy atom. The summed E-state index contributed by atoms with van der Waals surface area (Å²) in [5.74, 6) is -1.66. The molecule has 17 heavy (non-hydrogen) atoms. The van der Waals surface area contributed by atoms with Gasteiger partial charge in [0, 0.05) is 4.88 Å². The van der Waals surface area contributed by atoms with Gasteiger partial charge in [0.25, 0.3) is 0 Å². The normalized spacial score (nSPS) is 12.7. The molecule has 1 N–H and O–H groups in total. The number of hydrogen-bond acceptors (Lipinski definition) is 3. The molecule has 1 unspecified atom stereocenters. The van der Waals surface area contributed by atoms with Gasteiger partial charge < -0.3 is 5.32 Å². The fourth-order valence-corrected chi connectivity index (χ4v) is 2.67. The molecular formula is C12H12F2N2S. The maximum absolute atomic E-state index is 13.2. The standard InChI is InChI=1S/C12H12F2N2S/c1-7-12(17-6-16-7)11(15-2)8-3-4-9(13)10(14)5-8/h3-6,11,15H,1-2H3. The molecule has 0 amide bonds. The predicted octanol–water partition coefficient (Wildman–Crippen LogP) is 3.04. The number of halogens is 2. The Morgan fingerprint density at radius 2 is 2.06 bits per heavy atom. The van der Waals surface area contributed by atoms with Crippen LogP contribution in [0.2, 0.25) is 0 Å². The quantitative estimate of drug-likeness (QED) is 0.910. The minimum absolute atomic E-state index is 0.155. The van der Waals surface area contributed by atoms with Crippen molar-refractivity contribution in [1.29, 1.82) is 0 Å². The van der Waals surface area contributed by atoms with Crippen molar-refractivity contribution < 1.29 is 8.78 Å². The zero-order valence-electron chi connectivity index (χ0n) is 9.50. The second-order valence-electron chi connectivity index (χ2n) is 3.70. The lowest BCUT2D eigenvalue weighted by Gasteiger charge is -2.15. The van der Waals surface area contributed by atoms with Crippen molar-refractivity contribution in [3.63, 3.8) is 0 Å². The Bertz CT molecular complexity index is 525. The van der Waals surface area contributed by atoms with Crippen LogP contribution in [0, 0.1) is 18.6 Å². The van der Waals surface area contributed by atoms with Gasteiger partial charge in [-0.2, -0.15) is 0 Å². The molecule has 1 aromatic carbocycles. The molecule has 2 nitrogen and oxygen atoms in total. The molecule has 0 aliphatic rings. The number of thiazole rings is 1. The highest BCUT2D eigenvalue weighted by molar-refractivity contribution is 7.09. The number of benzene rings is 1. The maximum Gasteiger partial charge on any atom is 0.159 e. The SMILES string of the molecule is CNC(c1ccc(F)c(F)c1)c1scnc1C. The molecule has 0 aliphatic carbocycles. The summed E-state index contributed by atoms with van der Waals surface area (Å²) in [4.78, 5) is 5.17. The lowest BCUT2D eigenvalue weighted by Crippen LogP contribution is -2.17. The van der Waals surface area contributed by atoms with Crippen LogP contribution < -0.4 is 5.32 Å².